The van der Waals surface area contributed by atoms with Crippen LogP contribution in [0.1, 0.15) is 36.2 Å². The Morgan fingerprint density at radius 2 is 1.86 bits per heavy atom. The average Bonchev–Trinajstić information content (AvgIpc) is 2.82. The number of halogens is 1. The average molecular weight is 316 g/mol. The van der Waals surface area contributed by atoms with Crippen LogP contribution in [0.3, 0.4) is 0 Å². The van der Waals surface area contributed by atoms with E-state index in [1.54, 1.807) is 13.8 Å². The molecule has 1 aliphatic carbocycles. The van der Waals surface area contributed by atoms with Crippen LogP contribution in [0.5, 0.6) is 5.75 Å². The molecule has 0 bridgehead atoms. The summed E-state index contributed by atoms with van der Waals surface area (Å²) < 4.78 is 41.6. The molecule has 1 aromatic rings. The van der Waals surface area contributed by atoms with E-state index in [-0.39, 0.29) is 43.1 Å². The Morgan fingerprint density at radius 1 is 1.19 bits per heavy atom. The normalized spacial score (nSPS) is 14.3. The maximum absolute atomic E-state index is 13.6. The first-order valence-corrected chi connectivity index (χ1v) is 8.59. The Balaban J connectivity index is 2.19. The first kappa shape index (κ1) is 16.1. The monoisotopic (exact) mass is 316 g/mol. The van der Waals surface area contributed by atoms with Gasteiger partial charge in [-0.2, -0.15) is 0 Å². The molecular weight excluding hydrogens is 298 g/mol. The largest absolute Gasteiger partial charge is 0.480 e. The molecule has 7 heteroatoms. The standard InChI is InChI=1S/C14H18FO5P/c1-3-19-21(17,20-4-2)9-18-13-8-6-11(15)10-5-7-12(16)14(10)13/h6,8H,3-5,7,9H2,1-2H3. The molecule has 0 spiro atoms. The number of fused-ring (bicyclic) bond motifs is 1. The molecule has 0 amide bonds. The number of hydrogen-bond acceptors (Lipinski definition) is 5. The van der Waals surface area contributed by atoms with Crippen LogP contribution in [0.15, 0.2) is 12.1 Å². The van der Waals surface area contributed by atoms with Crippen LogP contribution in [0.25, 0.3) is 0 Å². The lowest BCUT2D eigenvalue weighted by Gasteiger charge is -2.18. The number of ketones is 1. The third-order valence-electron chi connectivity index (χ3n) is 3.13. The van der Waals surface area contributed by atoms with Crippen molar-refractivity contribution in [3.05, 3.63) is 29.1 Å². The first-order chi connectivity index (χ1) is 10.0. The van der Waals surface area contributed by atoms with Crippen molar-refractivity contribution >= 4 is 13.4 Å². The summed E-state index contributed by atoms with van der Waals surface area (Å²) in [6.07, 6.45) is 0.326. The van der Waals surface area contributed by atoms with Crippen LogP contribution in [0.4, 0.5) is 4.39 Å². The van der Waals surface area contributed by atoms with Crippen LogP contribution in [-0.4, -0.2) is 25.3 Å². The molecule has 21 heavy (non-hydrogen) atoms. The van der Waals surface area contributed by atoms with Crippen LogP contribution >= 0.6 is 7.60 Å². The van der Waals surface area contributed by atoms with Gasteiger partial charge in [0, 0.05) is 12.0 Å². The van der Waals surface area contributed by atoms with Crippen molar-refractivity contribution in [2.45, 2.75) is 26.7 Å². The van der Waals surface area contributed by atoms with Crippen molar-refractivity contribution in [1.82, 2.24) is 0 Å². The van der Waals surface area contributed by atoms with E-state index in [9.17, 15) is 13.8 Å². The lowest BCUT2D eigenvalue weighted by molar-refractivity contribution is 0.0990. The van der Waals surface area contributed by atoms with E-state index in [0.29, 0.717) is 12.0 Å². The summed E-state index contributed by atoms with van der Waals surface area (Å²) in [5.41, 5.74) is 0.606. The molecule has 1 aliphatic rings. The van der Waals surface area contributed by atoms with E-state index >= 15 is 0 Å². The van der Waals surface area contributed by atoms with Gasteiger partial charge in [0.1, 0.15) is 11.6 Å². The van der Waals surface area contributed by atoms with Gasteiger partial charge in [-0.05, 0) is 32.4 Å². The van der Waals surface area contributed by atoms with Gasteiger partial charge in [0.15, 0.2) is 12.1 Å². The number of rotatable bonds is 7. The minimum Gasteiger partial charge on any atom is -0.480 e. The minimum atomic E-state index is -3.37. The SMILES string of the molecule is CCOP(=O)(COc1ccc(F)c2c1C(=O)CC2)OCC. The van der Waals surface area contributed by atoms with Crippen molar-refractivity contribution in [1.29, 1.82) is 0 Å². The summed E-state index contributed by atoms with van der Waals surface area (Å²) in [6.45, 7) is 3.85. The molecule has 0 heterocycles. The number of Topliss-reactive ketones (excluding diaryl/α,β-unsaturated/α-hetero) is 1. The second-order valence-corrected chi connectivity index (χ2v) is 6.54. The van der Waals surface area contributed by atoms with Gasteiger partial charge in [-0.1, -0.05) is 0 Å². The molecule has 0 aromatic heterocycles. The molecule has 0 saturated carbocycles. The highest BCUT2D eigenvalue weighted by molar-refractivity contribution is 7.53. The van der Waals surface area contributed by atoms with Gasteiger partial charge in [0.2, 0.25) is 0 Å². The zero-order chi connectivity index (χ0) is 15.5. The molecule has 0 N–H and O–H groups in total. The fourth-order valence-electron chi connectivity index (χ4n) is 2.29. The minimum absolute atomic E-state index is 0.165. The molecule has 1 aromatic carbocycles. The number of carbonyl (C=O) groups is 1. The molecule has 0 saturated heterocycles. The first-order valence-electron chi connectivity index (χ1n) is 6.86. The van der Waals surface area contributed by atoms with Gasteiger partial charge in [0.05, 0.1) is 18.8 Å². The molecule has 116 valence electrons. The topological polar surface area (TPSA) is 61.8 Å². The highest BCUT2D eigenvalue weighted by Crippen LogP contribution is 2.48. The summed E-state index contributed by atoms with van der Waals surface area (Å²) >= 11 is 0. The number of benzene rings is 1. The number of carbonyl (C=O) groups excluding carboxylic acids is 1. The second-order valence-electron chi connectivity index (χ2n) is 4.54. The fraction of sp³-hybridized carbons (Fsp3) is 0.500. The van der Waals surface area contributed by atoms with E-state index in [1.165, 1.54) is 12.1 Å². The summed E-state index contributed by atoms with van der Waals surface area (Å²) in [4.78, 5) is 11.8. The Morgan fingerprint density at radius 3 is 2.48 bits per heavy atom. The molecule has 0 radical (unpaired) electrons. The molecule has 2 rings (SSSR count). The Kier molecular flexibility index (Phi) is 5.14. The summed E-state index contributed by atoms with van der Waals surface area (Å²) in [5.74, 6) is -0.350. The summed E-state index contributed by atoms with van der Waals surface area (Å²) in [6, 6.07) is 2.62. The van der Waals surface area contributed by atoms with Gasteiger partial charge in [-0.25, -0.2) is 4.39 Å². The molecule has 5 nitrogen and oxygen atoms in total. The van der Waals surface area contributed by atoms with Gasteiger partial charge in [0.25, 0.3) is 0 Å². The maximum Gasteiger partial charge on any atom is 0.367 e. The van der Waals surface area contributed by atoms with Crippen molar-refractivity contribution < 1.29 is 27.5 Å². The smallest absolute Gasteiger partial charge is 0.367 e. The number of hydrogen-bond donors (Lipinski definition) is 0. The number of ether oxygens (including phenoxy) is 1. The lowest BCUT2D eigenvalue weighted by atomic mass is 10.1. The highest BCUT2D eigenvalue weighted by atomic mass is 31.2. The van der Waals surface area contributed by atoms with Crippen LogP contribution in [-0.2, 0) is 20.0 Å². The maximum atomic E-state index is 13.6. The van der Waals surface area contributed by atoms with E-state index < -0.39 is 13.4 Å². The summed E-state index contributed by atoms with van der Waals surface area (Å²) in [7, 11) is -3.37. The molecule has 0 unspecified atom stereocenters. The second kappa shape index (κ2) is 6.69. The molecular formula is C14H18FO5P. The van der Waals surface area contributed by atoms with Gasteiger partial charge in [-0.3, -0.25) is 9.36 Å². The summed E-state index contributed by atoms with van der Waals surface area (Å²) in [5, 5.41) is 0. The Labute approximate surface area is 122 Å². The Bertz CT molecular complexity index is 577. The van der Waals surface area contributed by atoms with E-state index in [2.05, 4.69) is 0 Å². The third kappa shape index (κ3) is 3.51. The van der Waals surface area contributed by atoms with Gasteiger partial charge in [-0.15, -0.1) is 0 Å². The van der Waals surface area contributed by atoms with Crippen LogP contribution in [0.2, 0.25) is 0 Å². The van der Waals surface area contributed by atoms with Gasteiger partial charge < -0.3 is 13.8 Å². The lowest BCUT2D eigenvalue weighted by Crippen LogP contribution is -2.08. The Hall–Kier alpha value is -1.23. The zero-order valence-corrected chi connectivity index (χ0v) is 13.0. The molecule has 0 aliphatic heterocycles. The van der Waals surface area contributed by atoms with E-state index in [0.717, 1.165) is 0 Å². The predicted molar refractivity (Wildman–Crippen MR) is 75.4 cm³/mol. The fourth-order valence-corrected chi connectivity index (χ4v) is 3.60. The quantitative estimate of drug-likeness (QED) is 0.720. The zero-order valence-electron chi connectivity index (χ0n) is 12.1. The van der Waals surface area contributed by atoms with E-state index in [1.807, 2.05) is 0 Å². The van der Waals surface area contributed by atoms with Gasteiger partial charge >= 0.3 is 7.60 Å². The van der Waals surface area contributed by atoms with Crippen molar-refractivity contribution in [2.24, 2.45) is 0 Å². The predicted octanol–water partition coefficient (Wildman–Crippen LogP) is 3.56. The molecule has 0 atom stereocenters. The third-order valence-corrected chi connectivity index (χ3v) is 4.88. The van der Waals surface area contributed by atoms with Crippen LogP contribution in [0, 0.1) is 5.82 Å². The van der Waals surface area contributed by atoms with Crippen molar-refractivity contribution in [3.8, 4) is 5.75 Å². The van der Waals surface area contributed by atoms with Crippen LogP contribution < -0.4 is 4.74 Å². The van der Waals surface area contributed by atoms with Crippen molar-refractivity contribution in [2.75, 3.05) is 19.6 Å². The molecule has 0 fully saturated rings. The van der Waals surface area contributed by atoms with E-state index in [4.69, 9.17) is 13.8 Å². The highest BCUT2D eigenvalue weighted by Gasteiger charge is 2.30. The van der Waals surface area contributed by atoms with Crippen molar-refractivity contribution in [3.63, 3.8) is 0 Å².